The van der Waals surface area contributed by atoms with Crippen LogP contribution in [0.25, 0.3) is 0 Å². The zero-order valence-electron chi connectivity index (χ0n) is 10.1. The first-order valence-electron chi connectivity index (χ1n) is 6.07. The van der Waals surface area contributed by atoms with Crippen molar-refractivity contribution in [2.45, 2.75) is 45.4 Å². The molecule has 1 fully saturated rings. The fourth-order valence-electron chi connectivity index (χ4n) is 2.04. The van der Waals surface area contributed by atoms with E-state index in [9.17, 15) is 0 Å². The van der Waals surface area contributed by atoms with Crippen molar-refractivity contribution in [3.05, 3.63) is 18.0 Å². The SMILES string of the molecule is CC(C)n1cc(CNCC2CC(O)C2)cn1. The Bertz CT molecular complexity index is 329. The first-order chi connectivity index (χ1) is 7.65. The predicted molar refractivity (Wildman–Crippen MR) is 63.0 cm³/mol. The van der Waals surface area contributed by atoms with E-state index in [4.69, 9.17) is 5.11 Å². The van der Waals surface area contributed by atoms with Crippen molar-refractivity contribution in [3.63, 3.8) is 0 Å². The van der Waals surface area contributed by atoms with Crippen LogP contribution in [0.5, 0.6) is 0 Å². The monoisotopic (exact) mass is 223 g/mol. The molecule has 0 atom stereocenters. The lowest BCUT2D eigenvalue weighted by Crippen LogP contribution is -2.35. The number of nitrogens with one attached hydrogen (secondary N) is 1. The highest BCUT2D eigenvalue weighted by molar-refractivity contribution is 5.03. The molecule has 1 aromatic heterocycles. The second kappa shape index (κ2) is 4.97. The quantitative estimate of drug-likeness (QED) is 0.791. The molecule has 16 heavy (non-hydrogen) atoms. The number of aliphatic hydroxyl groups excluding tert-OH is 1. The van der Waals surface area contributed by atoms with Crippen LogP contribution < -0.4 is 5.32 Å². The van der Waals surface area contributed by atoms with Gasteiger partial charge in [-0.25, -0.2) is 0 Å². The maximum Gasteiger partial charge on any atom is 0.0546 e. The lowest BCUT2D eigenvalue weighted by molar-refractivity contribution is 0.0430. The molecule has 0 aromatic carbocycles. The van der Waals surface area contributed by atoms with Gasteiger partial charge in [0.2, 0.25) is 0 Å². The van der Waals surface area contributed by atoms with Crippen LogP contribution in [-0.2, 0) is 6.54 Å². The van der Waals surface area contributed by atoms with Crippen molar-refractivity contribution in [1.29, 1.82) is 0 Å². The Balaban J connectivity index is 1.68. The molecule has 1 aliphatic carbocycles. The Morgan fingerprint density at radius 3 is 2.88 bits per heavy atom. The second-order valence-electron chi connectivity index (χ2n) is 5.04. The molecule has 0 saturated heterocycles. The molecule has 2 N–H and O–H groups in total. The highest BCUT2D eigenvalue weighted by Gasteiger charge is 2.26. The van der Waals surface area contributed by atoms with Gasteiger partial charge < -0.3 is 10.4 Å². The Morgan fingerprint density at radius 2 is 2.31 bits per heavy atom. The zero-order chi connectivity index (χ0) is 11.5. The second-order valence-corrected chi connectivity index (χ2v) is 5.04. The summed E-state index contributed by atoms with van der Waals surface area (Å²) in [5.41, 5.74) is 1.23. The first kappa shape index (κ1) is 11.6. The highest BCUT2D eigenvalue weighted by Crippen LogP contribution is 2.26. The molecule has 2 rings (SSSR count). The summed E-state index contributed by atoms with van der Waals surface area (Å²) in [6.07, 6.45) is 5.88. The topological polar surface area (TPSA) is 50.1 Å². The maximum atomic E-state index is 9.16. The summed E-state index contributed by atoms with van der Waals surface area (Å²) in [5.74, 6) is 0.662. The number of rotatable bonds is 5. The minimum Gasteiger partial charge on any atom is -0.393 e. The molecule has 0 aliphatic heterocycles. The van der Waals surface area contributed by atoms with E-state index in [0.29, 0.717) is 12.0 Å². The van der Waals surface area contributed by atoms with Gasteiger partial charge in [0.05, 0.1) is 12.3 Å². The summed E-state index contributed by atoms with van der Waals surface area (Å²) in [6, 6.07) is 0.426. The van der Waals surface area contributed by atoms with E-state index in [2.05, 4.69) is 30.5 Å². The van der Waals surface area contributed by atoms with Crippen LogP contribution in [-0.4, -0.2) is 27.5 Å². The van der Waals surface area contributed by atoms with Crippen LogP contribution in [0.3, 0.4) is 0 Å². The molecule has 0 amide bonds. The smallest absolute Gasteiger partial charge is 0.0546 e. The fourth-order valence-corrected chi connectivity index (χ4v) is 2.04. The minimum atomic E-state index is -0.0458. The Labute approximate surface area is 96.7 Å². The van der Waals surface area contributed by atoms with Crippen molar-refractivity contribution in [1.82, 2.24) is 15.1 Å². The van der Waals surface area contributed by atoms with Crippen molar-refractivity contribution < 1.29 is 5.11 Å². The van der Waals surface area contributed by atoms with Crippen molar-refractivity contribution >= 4 is 0 Å². The number of aromatic nitrogens is 2. The molecule has 0 unspecified atom stereocenters. The van der Waals surface area contributed by atoms with Crippen molar-refractivity contribution in [2.24, 2.45) is 5.92 Å². The molecule has 0 spiro atoms. The van der Waals surface area contributed by atoms with Gasteiger partial charge in [-0.05, 0) is 39.2 Å². The summed E-state index contributed by atoms with van der Waals surface area (Å²) >= 11 is 0. The standard InChI is InChI=1S/C12H21N3O/c1-9(2)15-8-11(7-14-15)6-13-5-10-3-12(16)4-10/h7-10,12-13,16H,3-6H2,1-2H3. The van der Waals surface area contributed by atoms with Gasteiger partial charge in [-0.3, -0.25) is 4.68 Å². The molecule has 1 aromatic rings. The minimum absolute atomic E-state index is 0.0458. The van der Waals surface area contributed by atoms with Gasteiger partial charge in [0.15, 0.2) is 0 Å². The fraction of sp³-hybridized carbons (Fsp3) is 0.750. The number of aliphatic hydroxyl groups is 1. The maximum absolute atomic E-state index is 9.16. The van der Waals surface area contributed by atoms with Crippen LogP contribution in [0.2, 0.25) is 0 Å². The molecule has 90 valence electrons. The van der Waals surface area contributed by atoms with E-state index < -0.39 is 0 Å². The number of hydrogen-bond acceptors (Lipinski definition) is 3. The molecule has 1 saturated carbocycles. The van der Waals surface area contributed by atoms with E-state index in [1.54, 1.807) is 0 Å². The van der Waals surface area contributed by atoms with E-state index in [-0.39, 0.29) is 6.10 Å². The molecular weight excluding hydrogens is 202 g/mol. The van der Waals surface area contributed by atoms with Crippen LogP contribution in [0, 0.1) is 5.92 Å². The largest absolute Gasteiger partial charge is 0.393 e. The van der Waals surface area contributed by atoms with Gasteiger partial charge >= 0.3 is 0 Å². The van der Waals surface area contributed by atoms with Gasteiger partial charge in [-0.1, -0.05) is 0 Å². The zero-order valence-corrected chi connectivity index (χ0v) is 10.1. The summed E-state index contributed by atoms with van der Waals surface area (Å²) < 4.78 is 1.98. The Kier molecular flexibility index (Phi) is 3.61. The predicted octanol–water partition coefficient (Wildman–Crippen LogP) is 1.32. The van der Waals surface area contributed by atoms with E-state index in [1.807, 2.05) is 10.9 Å². The van der Waals surface area contributed by atoms with Gasteiger partial charge in [-0.15, -0.1) is 0 Å². The third-order valence-corrected chi connectivity index (χ3v) is 3.16. The molecule has 1 heterocycles. The first-order valence-corrected chi connectivity index (χ1v) is 6.07. The highest BCUT2D eigenvalue weighted by atomic mass is 16.3. The molecule has 4 nitrogen and oxygen atoms in total. The number of nitrogens with zero attached hydrogens (tertiary/aromatic N) is 2. The van der Waals surface area contributed by atoms with Crippen molar-refractivity contribution in [3.8, 4) is 0 Å². The summed E-state index contributed by atoms with van der Waals surface area (Å²) in [6.45, 7) is 6.13. The van der Waals surface area contributed by atoms with E-state index in [0.717, 1.165) is 25.9 Å². The van der Waals surface area contributed by atoms with Crippen LogP contribution >= 0.6 is 0 Å². The lowest BCUT2D eigenvalue weighted by Gasteiger charge is -2.31. The third kappa shape index (κ3) is 2.83. The normalized spacial score (nSPS) is 24.8. The van der Waals surface area contributed by atoms with Crippen LogP contribution in [0.1, 0.15) is 38.3 Å². The summed E-state index contributed by atoms with van der Waals surface area (Å²) in [4.78, 5) is 0. The van der Waals surface area contributed by atoms with Gasteiger partial charge in [-0.2, -0.15) is 5.10 Å². The molecule has 4 heteroatoms. The summed E-state index contributed by atoms with van der Waals surface area (Å²) in [5, 5.41) is 16.9. The number of hydrogen-bond donors (Lipinski definition) is 2. The van der Waals surface area contributed by atoms with Gasteiger partial charge in [0.1, 0.15) is 0 Å². The van der Waals surface area contributed by atoms with E-state index in [1.165, 1.54) is 5.56 Å². The molecule has 0 bridgehead atoms. The Morgan fingerprint density at radius 1 is 1.56 bits per heavy atom. The average molecular weight is 223 g/mol. The van der Waals surface area contributed by atoms with E-state index >= 15 is 0 Å². The lowest BCUT2D eigenvalue weighted by atomic mass is 9.82. The third-order valence-electron chi connectivity index (χ3n) is 3.16. The molecule has 1 aliphatic rings. The molecule has 0 radical (unpaired) electrons. The van der Waals surface area contributed by atoms with Gasteiger partial charge in [0, 0.05) is 24.3 Å². The van der Waals surface area contributed by atoms with Gasteiger partial charge in [0.25, 0.3) is 0 Å². The average Bonchev–Trinajstić information content (AvgIpc) is 2.63. The summed E-state index contributed by atoms with van der Waals surface area (Å²) in [7, 11) is 0. The van der Waals surface area contributed by atoms with Crippen molar-refractivity contribution in [2.75, 3.05) is 6.54 Å². The molecular formula is C12H21N3O. The van der Waals surface area contributed by atoms with Crippen LogP contribution in [0.15, 0.2) is 12.4 Å². The Hall–Kier alpha value is -0.870. The van der Waals surface area contributed by atoms with Crippen LogP contribution in [0.4, 0.5) is 0 Å².